The predicted molar refractivity (Wildman–Crippen MR) is 92.1 cm³/mol. The normalized spacial score (nSPS) is 31.6. The molecule has 2 aliphatic rings. The van der Waals surface area contributed by atoms with Crippen LogP contribution < -0.4 is 5.32 Å². The molecule has 1 N–H and O–H groups in total. The van der Waals surface area contributed by atoms with Crippen LogP contribution in [0.2, 0.25) is 0 Å². The number of nitrogens with one attached hydrogen (secondary N) is 1. The zero-order valence-electron chi connectivity index (χ0n) is 14.1. The Morgan fingerprint density at radius 2 is 2.22 bits per heavy atom. The van der Waals surface area contributed by atoms with Crippen LogP contribution in [0.25, 0.3) is 0 Å². The minimum atomic E-state index is -0.0320. The van der Waals surface area contributed by atoms with Crippen LogP contribution in [0.15, 0.2) is 40.7 Å². The first-order valence-electron chi connectivity index (χ1n) is 8.06. The number of ketones is 1. The molecule has 0 aromatic rings. The van der Waals surface area contributed by atoms with Crippen molar-refractivity contribution in [3.8, 4) is 0 Å². The highest BCUT2D eigenvalue weighted by atomic mass is 16.2. The third kappa shape index (κ3) is 4.18. The molecule has 0 aliphatic carbocycles. The van der Waals surface area contributed by atoms with Gasteiger partial charge in [0.15, 0.2) is 5.78 Å². The van der Waals surface area contributed by atoms with Crippen molar-refractivity contribution in [1.82, 2.24) is 10.2 Å². The summed E-state index contributed by atoms with van der Waals surface area (Å²) in [5.41, 5.74) is 1.78. The Morgan fingerprint density at radius 1 is 1.48 bits per heavy atom. The number of allylic oxidation sites excluding steroid dienone is 3. The average Bonchev–Trinajstić information content (AvgIpc) is 2.98. The monoisotopic (exact) mass is 315 g/mol. The molecule has 124 valence electrons. The smallest absolute Gasteiger partial charge is 0.246 e. The van der Waals surface area contributed by atoms with E-state index in [1.54, 1.807) is 18.0 Å². The summed E-state index contributed by atoms with van der Waals surface area (Å²) in [5, 5.41) is 3.39. The highest BCUT2D eigenvalue weighted by molar-refractivity contribution is 6.13. The molecule has 0 aromatic carbocycles. The zero-order chi connectivity index (χ0) is 17.0. The van der Waals surface area contributed by atoms with Gasteiger partial charge in [-0.15, -0.1) is 0 Å². The Bertz CT molecular complexity index is 601. The summed E-state index contributed by atoms with van der Waals surface area (Å²) in [6.07, 6.45) is 6.80. The molecule has 0 spiro atoms. The van der Waals surface area contributed by atoms with Crippen LogP contribution in [0.1, 0.15) is 33.6 Å². The van der Waals surface area contributed by atoms with E-state index in [1.807, 2.05) is 6.92 Å². The van der Waals surface area contributed by atoms with Gasteiger partial charge in [0.1, 0.15) is 5.82 Å². The van der Waals surface area contributed by atoms with Crippen molar-refractivity contribution in [2.24, 2.45) is 10.9 Å². The fourth-order valence-corrected chi connectivity index (χ4v) is 2.90. The molecule has 2 unspecified atom stereocenters. The van der Waals surface area contributed by atoms with Crippen LogP contribution in [0.4, 0.5) is 0 Å². The first-order valence-corrected chi connectivity index (χ1v) is 8.06. The molecule has 1 saturated heterocycles. The van der Waals surface area contributed by atoms with Gasteiger partial charge >= 0.3 is 0 Å². The fraction of sp³-hybridized carbons (Fsp3) is 0.500. The quantitative estimate of drug-likeness (QED) is 0.809. The van der Waals surface area contributed by atoms with Crippen molar-refractivity contribution in [2.45, 2.75) is 39.7 Å². The standard InChI is InChI=1S/C18H25N3O2/c1-5-18(23)21-9-8-15(11-21)20-17-7-6-12(2)13(3)16(10-19-17)14(4)22/h5,7,10,12,15,20H,1,6,8-9,11H2,2-4H3/b16-13+,17-7-,19-10-. The summed E-state index contributed by atoms with van der Waals surface area (Å²) >= 11 is 0. The van der Waals surface area contributed by atoms with E-state index in [1.165, 1.54) is 6.08 Å². The number of carbonyl (C=O) groups is 2. The second kappa shape index (κ2) is 7.40. The zero-order valence-corrected chi connectivity index (χ0v) is 14.1. The minimum Gasteiger partial charge on any atom is -0.366 e. The van der Waals surface area contributed by atoms with Gasteiger partial charge in [-0.1, -0.05) is 19.1 Å². The molecular weight excluding hydrogens is 290 g/mol. The molecule has 1 amide bonds. The molecule has 1 fully saturated rings. The van der Waals surface area contributed by atoms with E-state index in [2.05, 4.69) is 29.9 Å². The first-order chi connectivity index (χ1) is 10.9. The molecule has 2 aliphatic heterocycles. The van der Waals surface area contributed by atoms with Crippen molar-refractivity contribution in [1.29, 1.82) is 0 Å². The number of aliphatic imine (C=N–C) groups is 1. The second-order valence-electron chi connectivity index (χ2n) is 6.26. The molecule has 5 heteroatoms. The number of Topliss-reactive ketones (excluding diaryl/α,β-unsaturated/α-hetero) is 1. The van der Waals surface area contributed by atoms with Crippen LogP contribution >= 0.6 is 0 Å². The van der Waals surface area contributed by atoms with E-state index >= 15 is 0 Å². The fourth-order valence-electron chi connectivity index (χ4n) is 2.90. The molecule has 2 heterocycles. The van der Waals surface area contributed by atoms with E-state index < -0.39 is 0 Å². The second-order valence-corrected chi connectivity index (χ2v) is 6.26. The van der Waals surface area contributed by atoms with E-state index in [-0.39, 0.29) is 17.7 Å². The predicted octanol–water partition coefficient (Wildman–Crippen LogP) is 2.22. The third-order valence-corrected chi connectivity index (χ3v) is 4.57. The molecule has 2 rings (SSSR count). The van der Waals surface area contributed by atoms with Crippen LogP contribution in [0.5, 0.6) is 0 Å². The maximum atomic E-state index is 11.8. The summed E-state index contributed by atoms with van der Waals surface area (Å²) in [7, 11) is 0. The van der Waals surface area contributed by atoms with Gasteiger partial charge in [-0.25, -0.2) is 4.99 Å². The van der Waals surface area contributed by atoms with Gasteiger partial charge in [-0.05, 0) is 44.8 Å². The lowest BCUT2D eigenvalue weighted by atomic mass is 9.92. The van der Waals surface area contributed by atoms with Crippen molar-refractivity contribution in [3.63, 3.8) is 0 Å². The Kier molecular flexibility index (Phi) is 5.53. The Balaban J connectivity index is 2.07. The molecule has 5 nitrogen and oxygen atoms in total. The Hall–Kier alpha value is -2.17. The van der Waals surface area contributed by atoms with E-state index in [9.17, 15) is 9.59 Å². The van der Waals surface area contributed by atoms with E-state index in [4.69, 9.17) is 0 Å². The summed E-state index contributed by atoms with van der Waals surface area (Å²) in [6, 6.07) is 0.183. The number of likely N-dealkylation sites (tertiary alicyclic amines) is 1. The van der Waals surface area contributed by atoms with Crippen molar-refractivity contribution < 1.29 is 9.59 Å². The third-order valence-electron chi connectivity index (χ3n) is 4.57. The van der Waals surface area contributed by atoms with Gasteiger partial charge < -0.3 is 10.2 Å². The molecule has 2 atom stereocenters. The minimum absolute atomic E-state index is 0.0320. The summed E-state index contributed by atoms with van der Waals surface area (Å²) in [5.74, 6) is 1.10. The van der Waals surface area contributed by atoms with E-state index in [0.29, 0.717) is 18.0 Å². The van der Waals surface area contributed by atoms with Crippen molar-refractivity contribution >= 4 is 17.9 Å². The van der Waals surface area contributed by atoms with Crippen LogP contribution in [-0.4, -0.2) is 41.9 Å². The summed E-state index contributed by atoms with van der Waals surface area (Å²) in [4.78, 5) is 29.7. The summed E-state index contributed by atoms with van der Waals surface area (Å²) in [6.45, 7) is 10.6. The van der Waals surface area contributed by atoms with Gasteiger partial charge in [0.25, 0.3) is 0 Å². The van der Waals surface area contributed by atoms with Gasteiger partial charge in [0.05, 0.1) is 0 Å². The maximum Gasteiger partial charge on any atom is 0.246 e. The lowest BCUT2D eigenvalue weighted by molar-refractivity contribution is -0.125. The summed E-state index contributed by atoms with van der Waals surface area (Å²) < 4.78 is 0. The molecule has 0 bridgehead atoms. The molecular formula is C18H25N3O2. The lowest BCUT2D eigenvalue weighted by Crippen LogP contribution is -2.34. The first kappa shape index (κ1) is 17.2. The number of hydrogen-bond donors (Lipinski definition) is 1. The van der Waals surface area contributed by atoms with Gasteiger partial charge in [0.2, 0.25) is 5.91 Å². The van der Waals surface area contributed by atoms with Crippen LogP contribution in [-0.2, 0) is 9.59 Å². The Labute approximate surface area is 137 Å². The Morgan fingerprint density at radius 3 is 2.87 bits per heavy atom. The number of carbonyl (C=O) groups excluding carboxylic acids is 2. The molecule has 0 radical (unpaired) electrons. The lowest BCUT2D eigenvalue weighted by Gasteiger charge is -2.19. The highest BCUT2D eigenvalue weighted by Gasteiger charge is 2.25. The highest BCUT2D eigenvalue weighted by Crippen LogP contribution is 2.22. The molecule has 0 aromatic heterocycles. The van der Waals surface area contributed by atoms with Gasteiger partial charge in [-0.3, -0.25) is 9.59 Å². The van der Waals surface area contributed by atoms with Gasteiger partial charge in [0, 0.05) is 30.9 Å². The topological polar surface area (TPSA) is 61.8 Å². The molecule has 23 heavy (non-hydrogen) atoms. The maximum absolute atomic E-state index is 11.8. The molecule has 0 saturated carbocycles. The SMILES string of the molecule is C=CC(=O)N1CCC(NC2=C\CC(C)\C(C)=C(C(C)=O)/C=N\2)C1. The number of hydrogen-bond acceptors (Lipinski definition) is 4. The number of nitrogens with zero attached hydrogens (tertiary/aromatic N) is 2. The largest absolute Gasteiger partial charge is 0.366 e. The number of rotatable bonds is 4. The van der Waals surface area contributed by atoms with Crippen molar-refractivity contribution in [2.75, 3.05) is 13.1 Å². The van der Waals surface area contributed by atoms with Crippen molar-refractivity contribution in [3.05, 3.63) is 35.7 Å². The number of amides is 1. The van der Waals surface area contributed by atoms with Gasteiger partial charge in [-0.2, -0.15) is 0 Å². The van der Waals surface area contributed by atoms with Crippen LogP contribution in [0.3, 0.4) is 0 Å². The van der Waals surface area contributed by atoms with E-state index in [0.717, 1.165) is 30.8 Å². The van der Waals surface area contributed by atoms with Crippen LogP contribution in [0, 0.1) is 5.92 Å². The average molecular weight is 315 g/mol.